The average Bonchev–Trinajstić information content (AvgIpc) is 3.76. The number of anilines is 2. The van der Waals surface area contributed by atoms with Gasteiger partial charge >= 0.3 is 6.09 Å². The summed E-state index contributed by atoms with van der Waals surface area (Å²) in [5.41, 5.74) is 2.07. The van der Waals surface area contributed by atoms with Gasteiger partial charge in [-0.25, -0.2) is 4.79 Å². The second-order valence-electron chi connectivity index (χ2n) is 12.4. The fourth-order valence-electron chi connectivity index (χ4n) is 7.34. The van der Waals surface area contributed by atoms with Crippen LogP contribution in [0.15, 0.2) is 67.4 Å². The van der Waals surface area contributed by atoms with Crippen molar-refractivity contribution in [3.8, 4) is 0 Å². The molecule has 44 heavy (non-hydrogen) atoms. The molecule has 0 saturated carbocycles. The lowest BCUT2D eigenvalue weighted by Crippen LogP contribution is -2.46. The molecule has 0 aliphatic carbocycles. The van der Waals surface area contributed by atoms with Crippen LogP contribution in [0.4, 0.5) is 16.2 Å². The summed E-state index contributed by atoms with van der Waals surface area (Å²) in [6.45, 7) is 11.0. The number of aryl methyl sites for hydroxylation is 1. The average molecular weight is 618 g/mol. The standard InChI is InChI=1S/C32H39N5O6Si/c1-5-14-37-27-12-11-23(36-16-17-42-31(36)40)18-25(27)32(30(37)39)21(2)29(44(3,4)41)28(43-32)13-15-35-19-26(33-34-35)24(20-38)22-9-7-6-8-10-22/h5-12,18-19,21,24,28-29,38,41H,1,13-17,20H2,2-4H3/t21-,24?,28+,29-,32+/m0/s1. The first kappa shape index (κ1) is 30.2. The van der Waals surface area contributed by atoms with Crippen LogP contribution in [0.1, 0.15) is 36.1 Å². The van der Waals surface area contributed by atoms with Gasteiger partial charge in [0.15, 0.2) is 13.9 Å². The third kappa shape index (κ3) is 4.95. The highest BCUT2D eigenvalue weighted by atomic mass is 28.4. The number of amides is 2. The van der Waals surface area contributed by atoms with Gasteiger partial charge in [0.25, 0.3) is 5.91 Å². The van der Waals surface area contributed by atoms with Gasteiger partial charge in [-0.15, -0.1) is 11.7 Å². The van der Waals surface area contributed by atoms with Crippen LogP contribution in [0, 0.1) is 5.92 Å². The van der Waals surface area contributed by atoms with Crippen molar-refractivity contribution in [2.45, 2.75) is 56.1 Å². The van der Waals surface area contributed by atoms with E-state index < -0.39 is 26.1 Å². The number of aromatic nitrogens is 3. The molecule has 2 aromatic carbocycles. The first-order valence-electron chi connectivity index (χ1n) is 15.1. The van der Waals surface area contributed by atoms with Crippen molar-refractivity contribution >= 4 is 31.7 Å². The van der Waals surface area contributed by atoms with E-state index in [0.29, 0.717) is 55.3 Å². The van der Waals surface area contributed by atoms with Crippen LogP contribution >= 0.6 is 0 Å². The van der Waals surface area contributed by atoms with Crippen molar-refractivity contribution in [2.24, 2.45) is 5.92 Å². The van der Waals surface area contributed by atoms with Crippen LogP contribution in [0.3, 0.4) is 0 Å². The molecule has 2 saturated heterocycles. The smallest absolute Gasteiger partial charge is 0.414 e. The second-order valence-corrected chi connectivity index (χ2v) is 16.3. The molecule has 11 nitrogen and oxygen atoms in total. The molecule has 0 bridgehead atoms. The van der Waals surface area contributed by atoms with Crippen LogP contribution in [0.2, 0.25) is 18.6 Å². The van der Waals surface area contributed by atoms with E-state index in [1.807, 2.05) is 74.7 Å². The Bertz CT molecular complexity index is 1560. The fraction of sp³-hybridized carbons (Fsp3) is 0.438. The molecule has 12 heteroatoms. The number of cyclic esters (lactones) is 1. The lowest BCUT2D eigenvalue weighted by atomic mass is 9.82. The summed E-state index contributed by atoms with van der Waals surface area (Å²) < 4.78 is 13.8. The molecule has 232 valence electrons. The van der Waals surface area contributed by atoms with Crippen LogP contribution in [-0.4, -0.2) is 77.6 Å². The first-order chi connectivity index (χ1) is 21.1. The molecule has 2 amide bonds. The number of hydrogen-bond acceptors (Lipinski definition) is 8. The summed E-state index contributed by atoms with van der Waals surface area (Å²) in [5, 5.41) is 18.8. The maximum atomic E-state index is 14.4. The van der Waals surface area contributed by atoms with E-state index in [-0.39, 0.29) is 29.9 Å². The van der Waals surface area contributed by atoms with Gasteiger partial charge in [0.2, 0.25) is 0 Å². The molecule has 3 aliphatic rings. The van der Waals surface area contributed by atoms with Crippen LogP contribution in [-0.2, 0) is 26.4 Å². The molecular formula is C32H39N5O6Si. The minimum atomic E-state index is -2.86. The van der Waals surface area contributed by atoms with E-state index in [1.54, 1.807) is 20.6 Å². The van der Waals surface area contributed by atoms with Gasteiger partial charge in [0.05, 0.1) is 36.6 Å². The minimum Gasteiger partial charge on any atom is -0.447 e. The van der Waals surface area contributed by atoms with E-state index >= 15 is 0 Å². The molecule has 5 atom stereocenters. The van der Waals surface area contributed by atoms with E-state index in [9.17, 15) is 19.5 Å². The zero-order chi connectivity index (χ0) is 31.2. The zero-order valence-corrected chi connectivity index (χ0v) is 26.3. The van der Waals surface area contributed by atoms with Gasteiger partial charge in [-0.3, -0.25) is 14.4 Å². The zero-order valence-electron chi connectivity index (χ0n) is 25.3. The Morgan fingerprint density at radius 2 is 1.98 bits per heavy atom. The van der Waals surface area contributed by atoms with Crippen molar-refractivity contribution in [3.63, 3.8) is 0 Å². The predicted molar refractivity (Wildman–Crippen MR) is 167 cm³/mol. The first-order valence-corrected chi connectivity index (χ1v) is 18.1. The molecule has 1 aromatic heterocycles. The maximum absolute atomic E-state index is 14.4. The Morgan fingerprint density at radius 3 is 2.64 bits per heavy atom. The number of fused-ring (bicyclic) bond motifs is 2. The van der Waals surface area contributed by atoms with Crippen molar-refractivity contribution in [2.75, 3.05) is 36.1 Å². The molecule has 3 aromatic rings. The summed E-state index contributed by atoms with van der Waals surface area (Å²) in [6.07, 6.45) is 3.15. The SMILES string of the molecule is C=CCN1C(=O)[C@]2(O[C@H](CCn3cc(C(CO)c4ccccc4)nn3)[C@@H]([Si](C)(C)O)[C@@H]2C)c2cc(N3CCOC3=O)ccc21. The van der Waals surface area contributed by atoms with Crippen LogP contribution < -0.4 is 9.80 Å². The highest BCUT2D eigenvalue weighted by Gasteiger charge is 2.66. The number of carbonyl (C=O) groups excluding carboxylic acids is 2. The number of ether oxygens (including phenoxy) is 2. The van der Waals surface area contributed by atoms with Gasteiger partial charge < -0.3 is 24.3 Å². The van der Waals surface area contributed by atoms with E-state index in [4.69, 9.17) is 9.47 Å². The lowest BCUT2D eigenvalue weighted by Gasteiger charge is -2.32. The summed E-state index contributed by atoms with van der Waals surface area (Å²) in [7, 11) is -2.86. The van der Waals surface area contributed by atoms with E-state index in [2.05, 4.69) is 16.9 Å². The molecule has 4 heterocycles. The highest BCUT2D eigenvalue weighted by Crippen LogP contribution is 2.60. The number of benzene rings is 2. The molecule has 2 fully saturated rings. The monoisotopic (exact) mass is 617 g/mol. The van der Waals surface area contributed by atoms with Gasteiger partial charge in [-0.2, -0.15) is 0 Å². The van der Waals surface area contributed by atoms with Crippen molar-refractivity contribution in [3.05, 3.63) is 84.2 Å². The Kier molecular flexibility index (Phi) is 7.95. The third-order valence-electron chi connectivity index (χ3n) is 9.29. The lowest BCUT2D eigenvalue weighted by molar-refractivity contribution is -0.145. The van der Waals surface area contributed by atoms with E-state index in [1.165, 1.54) is 0 Å². The summed E-state index contributed by atoms with van der Waals surface area (Å²) in [4.78, 5) is 41.6. The molecule has 1 unspecified atom stereocenters. The third-order valence-corrected chi connectivity index (χ3v) is 11.8. The van der Waals surface area contributed by atoms with Crippen LogP contribution in [0.25, 0.3) is 0 Å². The number of hydrogen-bond donors (Lipinski definition) is 2. The topological polar surface area (TPSA) is 130 Å². The maximum Gasteiger partial charge on any atom is 0.414 e. The van der Waals surface area contributed by atoms with Crippen molar-refractivity contribution in [1.29, 1.82) is 0 Å². The summed E-state index contributed by atoms with van der Waals surface area (Å²) in [5.74, 6) is -0.828. The van der Waals surface area contributed by atoms with Gasteiger partial charge in [-0.1, -0.05) is 48.5 Å². The van der Waals surface area contributed by atoms with Crippen molar-refractivity contribution in [1.82, 2.24) is 15.0 Å². The Balaban J connectivity index is 1.32. The second kappa shape index (κ2) is 11.6. The quantitative estimate of drug-likeness (QED) is 0.260. The van der Waals surface area contributed by atoms with E-state index in [0.717, 1.165) is 5.56 Å². The largest absolute Gasteiger partial charge is 0.447 e. The normalized spacial score (nSPS) is 25.5. The molecule has 1 spiro atoms. The Hall–Kier alpha value is -3.84. The molecular weight excluding hydrogens is 578 g/mol. The van der Waals surface area contributed by atoms with Crippen LogP contribution in [0.5, 0.6) is 0 Å². The highest BCUT2D eigenvalue weighted by molar-refractivity contribution is 6.71. The van der Waals surface area contributed by atoms with Crippen molar-refractivity contribution < 1.29 is 29.0 Å². The number of nitrogens with zero attached hydrogens (tertiary/aromatic N) is 5. The van der Waals surface area contributed by atoms with Gasteiger partial charge in [0.1, 0.15) is 6.61 Å². The Labute approximate surface area is 257 Å². The number of aliphatic hydroxyl groups excluding tert-OH is 1. The Morgan fingerprint density at radius 1 is 1.20 bits per heavy atom. The number of rotatable bonds is 10. The summed E-state index contributed by atoms with van der Waals surface area (Å²) in [6, 6.07) is 15.2. The molecule has 6 rings (SSSR count). The van der Waals surface area contributed by atoms with Gasteiger partial charge in [-0.05, 0) is 43.3 Å². The molecule has 2 N–H and O–H groups in total. The minimum absolute atomic E-state index is 0.0965. The number of aliphatic hydroxyl groups is 1. The molecule has 0 radical (unpaired) electrons. The fourth-order valence-corrected chi connectivity index (χ4v) is 9.94. The number of carbonyl (C=O) groups is 2. The predicted octanol–water partition coefficient (Wildman–Crippen LogP) is 3.78. The molecule has 3 aliphatic heterocycles. The van der Waals surface area contributed by atoms with Gasteiger partial charge in [0, 0.05) is 42.0 Å². The summed E-state index contributed by atoms with van der Waals surface area (Å²) >= 11 is 0.